The molecule has 29 heavy (non-hydrogen) atoms. The summed E-state index contributed by atoms with van der Waals surface area (Å²) in [5.74, 6) is -0.736. The second-order valence-corrected chi connectivity index (χ2v) is 6.53. The van der Waals surface area contributed by atoms with Crippen LogP contribution in [0.25, 0.3) is 0 Å². The van der Waals surface area contributed by atoms with Crippen LogP contribution >= 0.6 is 0 Å². The van der Waals surface area contributed by atoms with E-state index in [4.69, 9.17) is 0 Å². The van der Waals surface area contributed by atoms with Gasteiger partial charge in [-0.1, -0.05) is 25.1 Å². The second-order valence-electron chi connectivity index (χ2n) is 6.53. The Morgan fingerprint density at radius 1 is 1.17 bits per heavy atom. The van der Waals surface area contributed by atoms with Crippen molar-refractivity contribution in [1.29, 1.82) is 0 Å². The van der Waals surface area contributed by atoms with E-state index in [1.807, 2.05) is 0 Å². The lowest BCUT2D eigenvalue weighted by Crippen LogP contribution is -2.45. The third-order valence-electron chi connectivity index (χ3n) is 4.13. The number of guanidine groups is 1. The number of aliphatic imine (C=N–C) groups is 1. The van der Waals surface area contributed by atoms with Gasteiger partial charge in [-0.25, -0.2) is 0 Å². The van der Waals surface area contributed by atoms with Gasteiger partial charge in [0.1, 0.15) is 6.54 Å². The molecule has 0 heterocycles. The average molecular weight is 426 g/mol. The number of rotatable bonds is 7. The number of hydrogen-bond donors (Lipinski definition) is 2. The molecule has 1 amide bonds. The number of carbonyl (C=O) groups excluding carboxylic acids is 1. The maximum absolute atomic E-state index is 12.8. The van der Waals surface area contributed by atoms with Crippen LogP contribution in [0.3, 0.4) is 0 Å². The van der Waals surface area contributed by atoms with Crippen molar-refractivity contribution in [3.63, 3.8) is 0 Å². The Morgan fingerprint density at radius 3 is 2.38 bits per heavy atom. The number of halogens is 6. The molecule has 1 aromatic rings. The van der Waals surface area contributed by atoms with Crippen molar-refractivity contribution in [3.05, 3.63) is 35.4 Å². The van der Waals surface area contributed by atoms with Crippen LogP contribution in [0.4, 0.5) is 26.3 Å². The Bertz CT molecular complexity index is 702. The lowest BCUT2D eigenvalue weighted by atomic mass is 9.96. The molecule has 2 N–H and O–H groups in total. The van der Waals surface area contributed by atoms with Crippen LogP contribution in [0.15, 0.2) is 29.3 Å². The first kappa shape index (κ1) is 24.6. The molecule has 164 valence electrons. The van der Waals surface area contributed by atoms with Gasteiger partial charge in [0.2, 0.25) is 5.91 Å². The summed E-state index contributed by atoms with van der Waals surface area (Å²) in [7, 11) is 2.47. The number of carbonyl (C=O) groups is 1. The molecule has 11 heteroatoms. The molecule has 0 saturated heterocycles. The van der Waals surface area contributed by atoms with Crippen LogP contribution < -0.4 is 10.6 Å². The average Bonchev–Trinajstić information content (AvgIpc) is 2.62. The van der Waals surface area contributed by atoms with Crippen LogP contribution in [0.5, 0.6) is 0 Å². The normalized spacial score (nSPS) is 13.8. The van der Waals surface area contributed by atoms with Crippen LogP contribution in [0.2, 0.25) is 0 Å². The van der Waals surface area contributed by atoms with Crippen molar-refractivity contribution >= 4 is 11.9 Å². The van der Waals surface area contributed by atoms with Crippen LogP contribution in [0.1, 0.15) is 30.4 Å². The van der Waals surface area contributed by atoms with Gasteiger partial charge >= 0.3 is 12.4 Å². The van der Waals surface area contributed by atoms with Gasteiger partial charge in [-0.2, -0.15) is 26.3 Å². The maximum Gasteiger partial charge on any atom is 0.416 e. The number of benzene rings is 1. The monoisotopic (exact) mass is 426 g/mol. The molecule has 1 atom stereocenters. The van der Waals surface area contributed by atoms with Gasteiger partial charge in [0.15, 0.2) is 5.96 Å². The number of amides is 1. The van der Waals surface area contributed by atoms with Gasteiger partial charge in [-0.05, 0) is 24.0 Å². The van der Waals surface area contributed by atoms with Gasteiger partial charge in [-0.3, -0.25) is 9.79 Å². The fourth-order valence-electron chi connectivity index (χ4n) is 2.47. The predicted octanol–water partition coefficient (Wildman–Crippen LogP) is 3.38. The molecule has 0 radical (unpaired) electrons. The minimum Gasteiger partial charge on any atom is -0.356 e. The lowest BCUT2D eigenvalue weighted by molar-refractivity contribution is -0.157. The molecule has 0 aliphatic rings. The molecule has 0 spiro atoms. The SMILES string of the molecule is CN=C(NCCC(C)c1cccc(C(F)(F)F)c1)NCC(=O)N(C)CC(F)(F)F. The molecule has 0 bridgehead atoms. The number of hydrogen-bond acceptors (Lipinski definition) is 2. The van der Waals surface area contributed by atoms with E-state index >= 15 is 0 Å². The minimum atomic E-state index is -4.48. The van der Waals surface area contributed by atoms with Crippen molar-refractivity contribution in [1.82, 2.24) is 15.5 Å². The third kappa shape index (κ3) is 9.05. The van der Waals surface area contributed by atoms with Crippen LogP contribution in [-0.2, 0) is 11.0 Å². The zero-order valence-corrected chi connectivity index (χ0v) is 16.3. The van der Waals surface area contributed by atoms with Gasteiger partial charge in [0.05, 0.1) is 12.1 Å². The van der Waals surface area contributed by atoms with Gasteiger partial charge < -0.3 is 15.5 Å². The summed E-state index contributed by atoms with van der Waals surface area (Å²) < 4.78 is 75.3. The van der Waals surface area contributed by atoms with E-state index in [1.54, 1.807) is 13.0 Å². The number of likely N-dealkylation sites (N-methyl/N-ethyl adjacent to an activating group) is 1. The third-order valence-corrected chi connectivity index (χ3v) is 4.13. The fraction of sp³-hybridized carbons (Fsp3) is 0.556. The molecule has 5 nitrogen and oxygen atoms in total. The number of alkyl halides is 6. The molecule has 1 unspecified atom stereocenters. The molecular formula is C18H24F6N4O. The van der Waals surface area contributed by atoms with Crippen LogP contribution in [0, 0.1) is 0 Å². The topological polar surface area (TPSA) is 56.7 Å². The van der Waals surface area contributed by atoms with Gasteiger partial charge in [0.25, 0.3) is 0 Å². The Balaban J connectivity index is 2.48. The zero-order valence-electron chi connectivity index (χ0n) is 16.3. The predicted molar refractivity (Wildman–Crippen MR) is 97.5 cm³/mol. The Hall–Kier alpha value is -2.46. The molecule has 1 aromatic carbocycles. The van der Waals surface area contributed by atoms with Crippen LogP contribution in [-0.4, -0.2) is 56.7 Å². The number of nitrogens with zero attached hydrogens (tertiary/aromatic N) is 2. The number of nitrogens with one attached hydrogen (secondary N) is 2. The first-order valence-corrected chi connectivity index (χ1v) is 8.76. The summed E-state index contributed by atoms with van der Waals surface area (Å²) in [4.78, 5) is 16.1. The quantitative estimate of drug-likeness (QED) is 0.399. The lowest BCUT2D eigenvalue weighted by Gasteiger charge is -2.20. The molecule has 0 aliphatic carbocycles. The highest BCUT2D eigenvalue weighted by Crippen LogP contribution is 2.31. The van der Waals surface area contributed by atoms with Crippen molar-refractivity contribution in [2.45, 2.75) is 31.6 Å². The smallest absolute Gasteiger partial charge is 0.356 e. The Labute approximate surface area is 165 Å². The highest BCUT2D eigenvalue weighted by atomic mass is 19.4. The van der Waals surface area contributed by atoms with Gasteiger partial charge in [-0.15, -0.1) is 0 Å². The maximum atomic E-state index is 12.8. The summed E-state index contributed by atoms with van der Waals surface area (Å²) >= 11 is 0. The summed E-state index contributed by atoms with van der Waals surface area (Å²) in [6.45, 7) is 0.385. The van der Waals surface area contributed by atoms with Crippen molar-refractivity contribution in [2.75, 3.05) is 33.7 Å². The Morgan fingerprint density at radius 2 is 1.83 bits per heavy atom. The van der Waals surface area contributed by atoms with E-state index in [-0.39, 0.29) is 18.4 Å². The molecule has 0 aliphatic heterocycles. The van der Waals surface area contributed by atoms with E-state index < -0.39 is 30.4 Å². The van der Waals surface area contributed by atoms with E-state index in [2.05, 4.69) is 15.6 Å². The largest absolute Gasteiger partial charge is 0.416 e. The second kappa shape index (κ2) is 10.4. The molecular weight excluding hydrogens is 402 g/mol. The van der Waals surface area contributed by atoms with E-state index in [0.29, 0.717) is 23.4 Å². The summed E-state index contributed by atoms with van der Waals surface area (Å²) in [6, 6.07) is 5.08. The van der Waals surface area contributed by atoms with Crippen molar-refractivity contribution in [2.24, 2.45) is 4.99 Å². The van der Waals surface area contributed by atoms with E-state index in [0.717, 1.165) is 19.2 Å². The van der Waals surface area contributed by atoms with E-state index in [1.165, 1.54) is 13.1 Å². The Kier molecular flexibility index (Phi) is 8.78. The van der Waals surface area contributed by atoms with Crippen molar-refractivity contribution in [3.8, 4) is 0 Å². The summed E-state index contributed by atoms with van der Waals surface area (Å²) in [5.41, 5.74) is -0.178. The molecule has 0 saturated carbocycles. The highest BCUT2D eigenvalue weighted by molar-refractivity contribution is 5.86. The van der Waals surface area contributed by atoms with E-state index in [9.17, 15) is 31.1 Å². The molecule has 0 aromatic heterocycles. The fourth-order valence-corrected chi connectivity index (χ4v) is 2.47. The molecule has 0 fully saturated rings. The summed E-state index contributed by atoms with van der Waals surface area (Å²) in [5, 5.41) is 5.49. The van der Waals surface area contributed by atoms with Gasteiger partial charge in [0, 0.05) is 20.6 Å². The molecule has 1 rings (SSSR count). The standard InChI is InChI=1S/C18H24F6N4O/c1-12(13-5-4-6-14(9-13)18(22,23)24)7-8-26-16(25-2)27-10-15(29)28(3)11-17(19,20)21/h4-6,9,12H,7-8,10-11H2,1-3H3,(H2,25,26,27). The van der Waals surface area contributed by atoms with Crippen molar-refractivity contribution < 1.29 is 31.1 Å². The first-order chi connectivity index (χ1) is 13.3. The summed E-state index contributed by atoms with van der Waals surface area (Å²) in [6.07, 6.45) is -8.42. The highest BCUT2D eigenvalue weighted by Gasteiger charge is 2.31. The minimum absolute atomic E-state index is 0.178. The zero-order chi connectivity index (χ0) is 22.2. The first-order valence-electron chi connectivity index (χ1n) is 8.76.